The highest BCUT2D eigenvalue weighted by atomic mass is 16.7. The van der Waals surface area contributed by atoms with Gasteiger partial charge in [-0.15, -0.1) is 0 Å². The van der Waals surface area contributed by atoms with Crippen LogP contribution in [0, 0.1) is 6.92 Å². The predicted octanol–water partition coefficient (Wildman–Crippen LogP) is 1.75. The standard InChI is InChI=1S/C10H12O3/c1-7-6-8(2-3-9(7)11)10-12-4-5-13-10/h2-3,6,10-11H,4-5H2,1H3. The maximum atomic E-state index is 9.30. The summed E-state index contributed by atoms with van der Waals surface area (Å²) in [5, 5.41) is 9.30. The summed E-state index contributed by atoms with van der Waals surface area (Å²) in [6.07, 6.45) is -0.251. The van der Waals surface area contributed by atoms with E-state index in [0.29, 0.717) is 19.0 Å². The molecule has 70 valence electrons. The topological polar surface area (TPSA) is 38.7 Å². The van der Waals surface area contributed by atoms with Gasteiger partial charge in [0.05, 0.1) is 13.2 Å². The van der Waals surface area contributed by atoms with Gasteiger partial charge in [0.25, 0.3) is 0 Å². The minimum absolute atomic E-state index is 0.251. The van der Waals surface area contributed by atoms with Crippen LogP contribution in [-0.4, -0.2) is 18.3 Å². The summed E-state index contributed by atoms with van der Waals surface area (Å²) in [5.74, 6) is 0.307. The predicted molar refractivity (Wildman–Crippen MR) is 47.5 cm³/mol. The molecule has 0 amide bonds. The fraction of sp³-hybridized carbons (Fsp3) is 0.400. The number of phenolic OH excluding ortho intramolecular Hbond substituents is 1. The Bertz CT molecular complexity index is 303. The van der Waals surface area contributed by atoms with Gasteiger partial charge in [0.2, 0.25) is 0 Å². The van der Waals surface area contributed by atoms with Crippen molar-refractivity contribution in [2.24, 2.45) is 0 Å². The minimum Gasteiger partial charge on any atom is -0.508 e. The highest BCUT2D eigenvalue weighted by Gasteiger charge is 2.18. The van der Waals surface area contributed by atoms with Gasteiger partial charge in [-0.3, -0.25) is 0 Å². The number of aromatic hydroxyl groups is 1. The Morgan fingerprint density at radius 3 is 2.62 bits per heavy atom. The van der Waals surface area contributed by atoms with Crippen LogP contribution in [0.2, 0.25) is 0 Å². The lowest BCUT2D eigenvalue weighted by molar-refractivity contribution is -0.0441. The van der Waals surface area contributed by atoms with E-state index in [9.17, 15) is 5.11 Å². The molecule has 1 aliphatic heterocycles. The molecule has 0 aliphatic carbocycles. The number of benzene rings is 1. The summed E-state index contributed by atoms with van der Waals surface area (Å²) in [7, 11) is 0. The molecule has 1 N–H and O–H groups in total. The molecule has 1 aromatic rings. The first-order valence-electron chi connectivity index (χ1n) is 4.30. The van der Waals surface area contributed by atoms with Crippen LogP contribution in [0.5, 0.6) is 5.75 Å². The van der Waals surface area contributed by atoms with Crippen LogP contribution in [0.3, 0.4) is 0 Å². The smallest absolute Gasteiger partial charge is 0.184 e. The first kappa shape index (κ1) is 8.53. The van der Waals surface area contributed by atoms with E-state index in [0.717, 1.165) is 11.1 Å². The molecule has 3 heteroatoms. The molecule has 0 unspecified atom stereocenters. The van der Waals surface area contributed by atoms with E-state index in [-0.39, 0.29) is 6.29 Å². The van der Waals surface area contributed by atoms with Crippen LogP contribution in [0.4, 0.5) is 0 Å². The van der Waals surface area contributed by atoms with Crippen LogP contribution in [-0.2, 0) is 9.47 Å². The quantitative estimate of drug-likeness (QED) is 0.715. The van der Waals surface area contributed by atoms with E-state index in [4.69, 9.17) is 9.47 Å². The van der Waals surface area contributed by atoms with Crippen LogP contribution in [0.1, 0.15) is 17.4 Å². The van der Waals surface area contributed by atoms with Crippen molar-refractivity contribution in [2.45, 2.75) is 13.2 Å². The van der Waals surface area contributed by atoms with Crippen LogP contribution < -0.4 is 0 Å². The molecule has 2 rings (SSSR count). The van der Waals surface area contributed by atoms with E-state index < -0.39 is 0 Å². The van der Waals surface area contributed by atoms with Crippen molar-refractivity contribution in [3.63, 3.8) is 0 Å². The number of ether oxygens (including phenoxy) is 2. The fourth-order valence-corrected chi connectivity index (χ4v) is 1.38. The second kappa shape index (κ2) is 3.36. The molecule has 1 aliphatic rings. The van der Waals surface area contributed by atoms with Crippen molar-refractivity contribution in [1.29, 1.82) is 0 Å². The van der Waals surface area contributed by atoms with Gasteiger partial charge in [0.1, 0.15) is 5.75 Å². The van der Waals surface area contributed by atoms with Gasteiger partial charge in [0.15, 0.2) is 6.29 Å². The number of aryl methyl sites for hydroxylation is 1. The molecule has 1 fully saturated rings. The van der Waals surface area contributed by atoms with Crippen LogP contribution in [0.25, 0.3) is 0 Å². The van der Waals surface area contributed by atoms with Crippen molar-refractivity contribution in [2.75, 3.05) is 13.2 Å². The SMILES string of the molecule is Cc1cc(C2OCCO2)ccc1O. The van der Waals surface area contributed by atoms with Crippen molar-refractivity contribution < 1.29 is 14.6 Å². The maximum absolute atomic E-state index is 9.30. The van der Waals surface area contributed by atoms with E-state index in [1.54, 1.807) is 6.07 Å². The highest BCUT2D eigenvalue weighted by Crippen LogP contribution is 2.26. The van der Waals surface area contributed by atoms with Gasteiger partial charge in [-0.1, -0.05) is 6.07 Å². The van der Waals surface area contributed by atoms with Gasteiger partial charge in [0, 0.05) is 5.56 Å². The number of hydrogen-bond acceptors (Lipinski definition) is 3. The summed E-state index contributed by atoms with van der Waals surface area (Å²) in [6.45, 7) is 3.14. The number of rotatable bonds is 1. The average molecular weight is 180 g/mol. The molecule has 0 atom stereocenters. The molecule has 0 radical (unpaired) electrons. The molecule has 1 heterocycles. The average Bonchev–Trinajstić information content (AvgIpc) is 2.62. The Morgan fingerprint density at radius 1 is 1.31 bits per heavy atom. The van der Waals surface area contributed by atoms with E-state index in [1.807, 2.05) is 19.1 Å². The molecule has 1 aromatic carbocycles. The Hall–Kier alpha value is -1.06. The zero-order chi connectivity index (χ0) is 9.26. The third kappa shape index (κ3) is 1.66. The monoisotopic (exact) mass is 180 g/mol. The van der Waals surface area contributed by atoms with Gasteiger partial charge < -0.3 is 14.6 Å². The third-order valence-electron chi connectivity index (χ3n) is 2.11. The molecule has 0 bridgehead atoms. The largest absolute Gasteiger partial charge is 0.508 e. The lowest BCUT2D eigenvalue weighted by atomic mass is 10.1. The Morgan fingerprint density at radius 2 is 2.00 bits per heavy atom. The van der Waals surface area contributed by atoms with Crippen molar-refractivity contribution in [1.82, 2.24) is 0 Å². The van der Waals surface area contributed by atoms with Crippen molar-refractivity contribution in [3.05, 3.63) is 29.3 Å². The van der Waals surface area contributed by atoms with Gasteiger partial charge in [-0.25, -0.2) is 0 Å². The summed E-state index contributed by atoms with van der Waals surface area (Å²) in [4.78, 5) is 0. The minimum atomic E-state index is -0.251. The lowest BCUT2D eigenvalue weighted by Crippen LogP contribution is -1.97. The molecule has 0 aromatic heterocycles. The normalized spacial score (nSPS) is 17.9. The summed E-state index contributed by atoms with van der Waals surface area (Å²) >= 11 is 0. The summed E-state index contributed by atoms with van der Waals surface area (Å²) in [6, 6.07) is 5.36. The second-order valence-electron chi connectivity index (χ2n) is 3.12. The van der Waals surface area contributed by atoms with E-state index in [1.165, 1.54) is 0 Å². The molecular formula is C10H12O3. The Labute approximate surface area is 76.9 Å². The summed E-state index contributed by atoms with van der Waals surface area (Å²) in [5.41, 5.74) is 1.81. The molecule has 0 spiro atoms. The van der Waals surface area contributed by atoms with E-state index in [2.05, 4.69) is 0 Å². The molecular weight excluding hydrogens is 168 g/mol. The lowest BCUT2D eigenvalue weighted by Gasteiger charge is -2.10. The molecule has 3 nitrogen and oxygen atoms in total. The summed E-state index contributed by atoms with van der Waals surface area (Å²) < 4.78 is 10.7. The van der Waals surface area contributed by atoms with Gasteiger partial charge >= 0.3 is 0 Å². The Balaban J connectivity index is 2.25. The van der Waals surface area contributed by atoms with Gasteiger partial charge in [-0.2, -0.15) is 0 Å². The molecule has 13 heavy (non-hydrogen) atoms. The second-order valence-corrected chi connectivity index (χ2v) is 3.12. The molecule has 0 saturated carbocycles. The first-order chi connectivity index (χ1) is 6.27. The zero-order valence-corrected chi connectivity index (χ0v) is 7.49. The van der Waals surface area contributed by atoms with Crippen LogP contribution >= 0.6 is 0 Å². The van der Waals surface area contributed by atoms with Crippen LogP contribution in [0.15, 0.2) is 18.2 Å². The Kier molecular flexibility index (Phi) is 2.20. The van der Waals surface area contributed by atoms with Gasteiger partial charge in [-0.05, 0) is 24.6 Å². The zero-order valence-electron chi connectivity index (χ0n) is 7.49. The highest BCUT2D eigenvalue weighted by molar-refractivity contribution is 5.35. The van der Waals surface area contributed by atoms with Crippen molar-refractivity contribution in [3.8, 4) is 5.75 Å². The first-order valence-corrected chi connectivity index (χ1v) is 4.30. The third-order valence-corrected chi connectivity index (χ3v) is 2.11. The number of phenols is 1. The van der Waals surface area contributed by atoms with E-state index >= 15 is 0 Å². The number of hydrogen-bond donors (Lipinski definition) is 1. The molecule has 1 saturated heterocycles. The fourth-order valence-electron chi connectivity index (χ4n) is 1.38. The van der Waals surface area contributed by atoms with Crippen molar-refractivity contribution >= 4 is 0 Å². The maximum Gasteiger partial charge on any atom is 0.184 e.